The number of carbonyl (C=O) groups excluding carboxylic acids is 1. The molecular formula is C19H19N5O3. The minimum Gasteiger partial charge on any atom is -0.477 e. The van der Waals surface area contributed by atoms with Crippen molar-refractivity contribution >= 4 is 23.4 Å². The van der Waals surface area contributed by atoms with Crippen molar-refractivity contribution in [2.75, 3.05) is 10.6 Å². The fourth-order valence-electron chi connectivity index (χ4n) is 2.45. The van der Waals surface area contributed by atoms with Crippen molar-refractivity contribution in [3.05, 3.63) is 71.4 Å². The largest absolute Gasteiger partial charge is 0.477 e. The van der Waals surface area contributed by atoms with E-state index in [1.165, 1.54) is 17.0 Å². The van der Waals surface area contributed by atoms with E-state index < -0.39 is 5.97 Å². The third-order valence-electron chi connectivity index (χ3n) is 4.07. The molecule has 0 saturated heterocycles. The predicted octanol–water partition coefficient (Wildman–Crippen LogP) is 2.69. The van der Waals surface area contributed by atoms with Crippen molar-refractivity contribution in [1.82, 2.24) is 14.5 Å². The third-order valence-corrected chi connectivity index (χ3v) is 4.07. The molecule has 0 saturated carbocycles. The minimum atomic E-state index is -1.03. The molecule has 3 N–H and O–H groups in total. The van der Waals surface area contributed by atoms with Gasteiger partial charge < -0.3 is 20.3 Å². The molecule has 2 aromatic heterocycles. The summed E-state index contributed by atoms with van der Waals surface area (Å²) in [6.07, 6.45) is 2.79. The monoisotopic (exact) mass is 365 g/mol. The molecule has 0 unspecified atom stereocenters. The second-order valence-electron chi connectivity index (χ2n) is 6.03. The van der Waals surface area contributed by atoms with Crippen molar-refractivity contribution < 1.29 is 14.7 Å². The van der Waals surface area contributed by atoms with E-state index >= 15 is 0 Å². The number of benzene rings is 1. The molecule has 3 rings (SSSR count). The number of amides is 1. The van der Waals surface area contributed by atoms with Crippen LogP contribution in [0, 0.1) is 6.92 Å². The number of nitrogens with zero attached hydrogens (tertiary/aromatic N) is 3. The summed E-state index contributed by atoms with van der Waals surface area (Å²) in [4.78, 5) is 31.6. The molecule has 0 radical (unpaired) electrons. The standard InChI is InChI=1S/C19H19N5O3/c1-12-3-6-14(7-4-12)23-18(25)13-5-8-16(20-9-13)21-11-17-22-10-15(19(26)27)24(17)2/h3-10H,11H2,1-2H3,(H,20,21)(H,23,25)(H,26,27). The van der Waals surface area contributed by atoms with Gasteiger partial charge in [-0.25, -0.2) is 14.8 Å². The van der Waals surface area contributed by atoms with Gasteiger partial charge in [0.05, 0.1) is 18.3 Å². The summed E-state index contributed by atoms with van der Waals surface area (Å²) in [7, 11) is 1.64. The Morgan fingerprint density at radius 2 is 1.81 bits per heavy atom. The Hall–Kier alpha value is -3.68. The molecule has 8 nitrogen and oxygen atoms in total. The van der Waals surface area contributed by atoms with Crippen LogP contribution in [0.2, 0.25) is 0 Å². The number of nitrogens with one attached hydrogen (secondary N) is 2. The van der Waals surface area contributed by atoms with Gasteiger partial charge in [0.25, 0.3) is 5.91 Å². The number of carbonyl (C=O) groups is 2. The lowest BCUT2D eigenvalue weighted by molar-refractivity contribution is 0.0686. The molecule has 3 aromatic rings. The molecular weight excluding hydrogens is 346 g/mol. The zero-order chi connectivity index (χ0) is 19.4. The van der Waals surface area contributed by atoms with E-state index in [0.717, 1.165) is 11.3 Å². The Kier molecular flexibility index (Phi) is 5.16. The Labute approximate surface area is 155 Å². The minimum absolute atomic E-state index is 0.114. The number of hydrogen-bond donors (Lipinski definition) is 3. The van der Waals surface area contributed by atoms with Crippen LogP contribution in [0.15, 0.2) is 48.8 Å². The van der Waals surface area contributed by atoms with E-state index in [0.29, 0.717) is 23.8 Å². The van der Waals surface area contributed by atoms with Crippen LogP contribution < -0.4 is 10.6 Å². The lowest BCUT2D eigenvalue weighted by atomic mass is 10.2. The molecule has 1 aromatic carbocycles. The molecule has 0 atom stereocenters. The summed E-state index contributed by atoms with van der Waals surface area (Å²) in [5.74, 6) is -0.149. The van der Waals surface area contributed by atoms with Gasteiger partial charge in [0.15, 0.2) is 0 Å². The molecule has 27 heavy (non-hydrogen) atoms. The Balaban J connectivity index is 1.60. The second-order valence-corrected chi connectivity index (χ2v) is 6.03. The van der Waals surface area contributed by atoms with Gasteiger partial charge in [0, 0.05) is 18.9 Å². The number of carboxylic acids is 1. The number of aryl methyl sites for hydroxylation is 1. The van der Waals surface area contributed by atoms with Crippen molar-refractivity contribution in [2.45, 2.75) is 13.5 Å². The maximum atomic E-state index is 12.3. The molecule has 0 spiro atoms. The molecule has 0 bridgehead atoms. The van der Waals surface area contributed by atoms with E-state index in [2.05, 4.69) is 20.6 Å². The van der Waals surface area contributed by atoms with Crippen molar-refractivity contribution in [3.8, 4) is 0 Å². The first-order chi connectivity index (χ1) is 12.9. The number of hydrogen-bond acceptors (Lipinski definition) is 5. The Morgan fingerprint density at radius 3 is 2.41 bits per heavy atom. The van der Waals surface area contributed by atoms with Crippen LogP contribution >= 0.6 is 0 Å². The van der Waals surface area contributed by atoms with Crippen LogP contribution in [-0.4, -0.2) is 31.5 Å². The number of pyridine rings is 1. The van der Waals surface area contributed by atoms with E-state index in [4.69, 9.17) is 5.11 Å². The maximum Gasteiger partial charge on any atom is 0.354 e. The smallest absolute Gasteiger partial charge is 0.354 e. The highest BCUT2D eigenvalue weighted by Crippen LogP contribution is 2.12. The first-order valence-electron chi connectivity index (χ1n) is 8.26. The van der Waals surface area contributed by atoms with Gasteiger partial charge in [-0.1, -0.05) is 17.7 Å². The average molecular weight is 365 g/mol. The number of imidazole rings is 1. The highest BCUT2D eigenvalue weighted by Gasteiger charge is 2.12. The summed E-state index contributed by atoms with van der Waals surface area (Å²) < 4.78 is 1.50. The summed E-state index contributed by atoms with van der Waals surface area (Å²) in [5, 5.41) is 14.9. The fraction of sp³-hybridized carbons (Fsp3) is 0.158. The lowest BCUT2D eigenvalue weighted by Gasteiger charge is -2.08. The molecule has 138 valence electrons. The van der Waals surface area contributed by atoms with E-state index in [9.17, 15) is 9.59 Å². The van der Waals surface area contributed by atoms with Gasteiger partial charge in [-0.3, -0.25) is 4.79 Å². The van der Waals surface area contributed by atoms with Gasteiger partial charge >= 0.3 is 5.97 Å². The van der Waals surface area contributed by atoms with E-state index in [1.54, 1.807) is 19.2 Å². The number of carboxylic acid groups (broad SMARTS) is 1. The first kappa shape index (κ1) is 18.1. The highest BCUT2D eigenvalue weighted by molar-refractivity contribution is 6.04. The first-order valence-corrected chi connectivity index (χ1v) is 8.26. The quantitative estimate of drug-likeness (QED) is 0.620. The fourth-order valence-corrected chi connectivity index (χ4v) is 2.45. The highest BCUT2D eigenvalue weighted by atomic mass is 16.4. The van der Waals surface area contributed by atoms with Crippen LogP contribution in [0.5, 0.6) is 0 Å². The lowest BCUT2D eigenvalue weighted by Crippen LogP contribution is -2.13. The van der Waals surface area contributed by atoms with E-state index in [-0.39, 0.29) is 11.6 Å². The molecule has 8 heteroatoms. The second kappa shape index (κ2) is 7.69. The van der Waals surface area contributed by atoms with Crippen LogP contribution in [0.4, 0.5) is 11.5 Å². The van der Waals surface area contributed by atoms with Gasteiger partial charge in [-0.15, -0.1) is 0 Å². The normalized spacial score (nSPS) is 10.4. The molecule has 0 aliphatic rings. The molecule has 2 heterocycles. The number of anilines is 2. The van der Waals surface area contributed by atoms with Crippen LogP contribution in [0.3, 0.4) is 0 Å². The molecule has 0 aliphatic heterocycles. The van der Waals surface area contributed by atoms with Crippen LogP contribution in [-0.2, 0) is 13.6 Å². The van der Waals surface area contributed by atoms with Crippen LogP contribution in [0.1, 0.15) is 32.2 Å². The molecule has 0 aliphatic carbocycles. The third kappa shape index (κ3) is 4.30. The maximum absolute atomic E-state index is 12.3. The average Bonchev–Trinajstić information content (AvgIpc) is 3.03. The number of aromatic carboxylic acids is 1. The molecule has 1 amide bonds. The van der Waals surface area contributed by atoms with E-state index in [1.807, 2.05) is 31.2 Å². The summed E-state index contributed by atoms with van der Waals surface area (Å²) in [6, 6.07) is 10.9. The van der Waals surface area contributed by atoms with Gasteiger partial charge in [-0.2, -0.15) is 0 Å². The topological polar surface area (TPSA) is 109 Å². The van der Waals surface area contributed by atoms with Gasteiger partial charge in [0.2, 0.25) is 0 Å². The SMILES string of the molecule is Cc1ccc(NC(=O)c2ccc(NCc3ncc(C(=O)O)n3C)nc2)cc1. The van der Waals surface area contributed by atoms with Crippen molar-refractivity contribution in [3.63, 3.8) is 0 Å². The summed E-state index contributed by atoms with van der Waals surface area (Å²) >= 11 is 0. The van der Waals surface area contributed by atoms with Gasteiger partial charge in [0.1, 0.15) is 17.3 Å². The summed E-state index contributed by atoms with van der Waals surface area (Å²) in [5.41, 5.74) is 2.39. The zero-order valence-corrected chi connectivity index (χ0v) is 14.9. The summed E-state index contributed by atoms with van der Waals surface area (Å²) in [6.45, 7) is 2.29. The Bertz CT molecular complexity index is 962. The van der Waals surface area contributed by atoms with Crippen molar-refractivity contribution in [1.29, 1.82) is 0 Å². The van der Waals surface area contributed by atoms with Gasteiger partial charge in [-0.05, 0) is 31.2 Å². The van der Waals surface area contributed by atoms with Crippen LogP contribution in [0.25, 0.3) is 0 Å². The number of rotatable bonds is 6. The molecule has 0 fully saturated rings. The van der Waals surface area contributed by atoms with Crippen molar-refractivity contribution in [2.24, 2.45) is 7.05 Å². The predicted molar refractivity (Wildman–Crippen MR) is 101 cm³/mol. The Morgan fingerprint density at radius 1 is 1.07 bits per heavy atom. The number of aromatic nitrogens is 3. The zero-order valence-electron chi connectivity index (χ0n) is 14.9.